The van der Waals surface area contributed by atoms with E-state index in [4.69, 9.17) is 4.74 Å². The number of aryl methyl sites for hydroxylation is 3. The lowest BCUT2D eigenvalue weighted by atomic mass is 10.1. The van der Waals surface area contributed by atoms with E-state index in [2.05, 4.69) is 4.72 Å². The molecule has 2 aromatic rings. The number of hydrogen-bond acceptors (Lipinski definition) is 4. The lowest BCUT2D eigenvalue weighted by Gasteiger charge is -2.13. The van der Waals surface area contributed by atoms with Crippen molar-refractivity contribution < 1.29 is 13.2 Å². The van der Waals surface area contributed by atoms with E-state index in [-0.39, 0.29) is 16.6 Å². The standard InChI is InChI=1S/C17H20N2O4S/c1-11-7-16(20)19-5-4-12-8-14(9-15(11)17(12)19)24(21,22)18-10-13-3-2-6-23-13/h7-9,13,18H,2-6,10H2,1H3/t13-/m1/s1. The summed E-state index contributed by atoms with van der Waals surface area (Å²) in [6, 6.07) is 4.95. The molecule has 1 fully saturated rings. The van der Waals surface area contributed by atoms with Crippen LogP contribution in [0.25, 0.3) is 10.9 Å². The van der Waals surface area contributed by atoms with Crippen LogP contribution in [0.15, 0.2) is 27.9 Å². The third kappa shape index (κ3) is 2.56. The molecule has 6 nitrogen and oxygen atoms in total. The smallest absolute Gasteiger partial charge is 0.251 e. The maximum absolute atomic E-state index is 12.7. The van der Waals surface area contributed by atoms with E-state index < -0.39 is 10.0 Å². The first-order valence-electron chi connectivity index (χ1n) is 8.24. The largest absolute Gasteiger partial charge is 0.377 e. The van der Waals surface area contributed by atoms with Crippen LogP contribution in [0.2, 0.25) is 0 Å². The van der Waals surface area contributed by atoms with Gasteiger partial charge in [-0.05, 0) is 49.4 Å². The predicted molar refractivity (Wildman–Crippen MR) is 90.8 cm³/mol. The molecule has 4 rings (SSSR count). The first-order valence-corrected chi connectivity index (χ1v) is 9.72. The van der Waals surface area contributed by atoms with Gasteiger partial charge >= 0.3 is 0 Å². The number of benzene rings is 1. The first-order chi connectivity index (χ1) is 11.5. The van der Waals surface area contributed by atoms with Crippen LogP contribution in [0.3, 0.4) is 0 Å². The van der Waals surface area contributed by atoms with Crippen LogP contribution in [0.1, 0.15) is 24.0 Å². The molecule has 0 unspecified atom stereocenters. The van der Waals surface area contributed by atoms with Gasteiger partial charge in [0.05, 0.1) is 16.5 Å². The Bertz CT molecular complexity index is 972. The molecule has 0 radical (unpaired) electrons. The highest BCUT2D eigenvalue weighted by molar-refractivity contribution is 7.89. The number of rotatable bonds is 4. The van der Waals surface area contributed by atoms with E-state index in [1.165, 1.54) is 0 Å². The van der Waals surface area contributed by atoms with Gasteiger partial charge in [0.25, 0.3) is 5.56 Å². The molecular weight excluding hydrogens is 328 g/mol. The highest BCUT2D eigenvalue weighted by atomic mass is 32.2. The summed E-state index contributed by atoms with van der Waals surface area (Å²) >= 11 is 0. The second-order valence-electron chi connectivity index (χ2n) is 6.53. The topological polar surface area (TPSA) is 77.4 Å². The molecule has 1 aromatic carbocycles. The molecule has 0 saturated carbocycles. The van der Waals surface area contributed by atoms with Gasteiger partial charge in [0.2, 0.25) is 10.0 Å². The van der Waals surface area contributed by atoms with Gasteiger partial charge in [0.1, 0.15) is 0 Å². The summed E-state index contributed by atoms with van der Waals surface area (Å²) in [6.07, 6.45) is 2.51. The Morgan fingerprint density at radius 1 is 1.33 bits per heavy atom. The Hall–Kier alpha value is -1.70. The minimum Gasteiger partial charge on any atom is -0.377 e. The Morgan fingerprint density at radius 2 is 2.17 bits per heavy atom. The summed E-state index contributed by atoms with van der Waals surface area (Å²) in [7, 11) is -3.59. The van der Waals surface area contributed by atoms with Crippen LogP contribution >= 0.6 is 0 Å². The second kappa shape index (κ2) is 5.68. The van der Waals surface area contributed by atoms with E-state index >= 15 is 0 Å². The Labute approximate surface area is 140 Å². The molecular formula is C17H20N2O4S. The maximum atomic E-state index is 12.7. The lowest BCUT2D eigenvalue weighted by molar-refractivity contribution is 0.114. The van der Waals surface area contributed by atoms with Gasteiger partial charge in [-0.2, -0.15) is 0 Å². The van der Waals surface area contributed by atoms with E-state index in [0.29, 0.717) is 26.1 Å². The van der Waals surface area contributed by atoms with Crippen molar-refractivity contribution in [3.8, 4) is 0 Å². The number of pyridine rings is 1. The molecule has 24 heavy (non-hydrogen) atoms. The quantitative estimate of drug-likeness (QED) is 0.904. The van der Waals surface area contributed by atoms with E-state index in [1.807, 2.05) is 6.92 Å². The van der Waals surface area contributed by atoms with Crippen molar-refractivity contribution >= 4 is 20.9 Å². The lowest BCUT2D eigenvalue weighted by Crippen LogP contribution is -2.31. The molecule has 1 saturated heterocycles. The van der Waals surface area contributed by atoms with Crippen molar-refractivity contribution in [2.75, 3.05) is 13.2 Å². The number of ether oxygens (including phenoxy) is 1. The molecule has 0 bridgehead atoms. The van der Waals surface area contributed by atoms with Gasteiger partial charge in [-0.25, -0.2) is 13.1 Å². The molecule has 128 valence electrons. The summed E-state index contributed by atoms with van der Waals surface area (Å²) in [6.45, 7) is 3.45. The van der Waals surface area contributed by atoms with Gasteiger partial charge in [-0.15, -0.1) is 0 Å². The fourth-order valence-corrected chi connectivity index (χ4v) is 4.77. The molecule has 1 aromatic heterocycles. The fraction of sp³-hybridized carbons (Fsp3) is 0.471. The molecule has 0 amide bonds. The minimum atomic E-state index is -3.59. The van der Waals surface area contributed by atoms with E-state index in [9.17, 15) is 13.2 Å². The zero-order chi connectivity index (χ0) is 16.9. The van der Waals surface area contributed by atoms with E-state index in [0.717, 1.165) is 34.9 Å². The van der Waals surface area contributed by atoms with Crippen molar-refractivity contribution in [2.24, 2.45) is 0 Å². The molecule has 1 N–H and O–H groups in total. The third-order valence-corrected chi connectivity index (χ3v) is 6.31. The zero-order valence-electron chi connectivity index (χ0n) is 13.5. The fourth-order valence-electron chi connectivity index (χ4n) is 3.63. The van der Waals surface area contributed by atoms with Gasteiger partial charge in [-0.3, -0.25) is 4.79 Å². The van der Waals surface area contributed by atoms with Crippen molar-refractivity contribution in [3.05, 3.63) is 39.7 Å². The molecule has 0 spiro atoms. The summed E-state index contributed by atoms with van der Waals surface area (Å²) in [4.78, 5) is 12.3. The molecule has 0 aliphatic carbocycles. The van der Waals surface area contributed by atoms with Gasteiger partial charge in [0.15, 0.2) is 0 Å². The number of hydrogen-bond donors (Lipinski definition) is 1. The first kappa shape index (κ1) is 15.8. The number of aromatic nitrogens is 1. The zero-order valence-corrected chi connectivity index (χ0v) is 14.4. The Balaban J connectivity index is 1.74. The number of nitrogens with zero attached hydrogens (tertiary/aromatic N) is 1. The molecule has 7 heteroatoms. The summed E-state index contributed by atoms with van der Waals surface area (Å²) in [5, 5.41) is 0.835. The van der Waals surface area contributed by atoms with Crippen LogP contribution in [0.4, 0.5) is 0 Å². The van der Waals surface area contributed by atoms with Crippen LogP contribution in [-0.2, 0) is 27.7 Å². The second-order valence-corrected chi connectivity index (χ2v) is 8.30. The summed E-state index contributed by atoms with van der Waals surface area (Å²) < 4.78 is 35.2. The minimum absolute atomic E-state index is 0.0223. The van der Waals surface area contributed by atoms with Crippen LogP contribution in [0, 0.1) is 6.92 Å². The van der Waals surface area contributed by atoms with Gasteiger partial charge in [-0.1, -0.05) is 0 Å². The van der Waals surface area contributed by atoms with E-state index in [1.54, 1.807) is 22.8 Å². The SMILES string of the molecule is Cc1cc(=O)n2c3c(cc(S(=O)(=O)NC[C@H]4CCCO4)cc13)CC2. The molecule has 2 aliphatic rings. The van der Waals surface area contributed by atoms with Crippen LogP contribution in [0.5, 0.6) is 0 Å². The summed E-state index contributed by atoms with van der Waals surface area (Å²) in [5.74, 6) is 0. The summed E-state index contributed by atoms with van der Waals surface area (Å²) in [5.41, 5.74) is 2.58. The maximum Gasteiger partial charge on any atom is 0.251 e. The highest BCUT2D eigenvalue weighted by Gasteiger charge is 2.24. The average Bonchev–Trinajstić information content (AvgIpc) is 3.20. The van der Waals surface area contributed by atoms with Crippen LogP contribution < -0.4 is 10.3 Å². The molecule has 1 atom stereocenters. The van der Waals surface area contributed by atoms with Crippen molar-refractivity contribution in [1.82, 2.24) is 9.29 Å². The average molecular weight is 348 g/mol. The molecule has 3 heterocycles. The van der Waals surface area contributed by atoms with Crippen molar-refractivity contribution in [3.63, 3.8) is 0 Å². The van der Waals surface area contributed by atoms with Crippen LogP contribution in [-0.4, -0.2) is 32.2 Å². The predicted octanol–water partition coefficient (Wildman–Crippen LogP) is 1.32. The van der Waals surface area contributed by atoms with Gasteiger partial charge < -0.3 is 9.30 Å². The van der Waals surface area contributed by atoms with Crippen molar-refractivity contribution in [2.45, 2.75) is 43.7 Å². The number of nitrogens with one attached hydrogen (secondary N) is 1. The Morgan fingerprint density at radius 3 is 2.92 bits per heavy atom. The highest BCUT2D eigenvalue weighted by Crippen LogP contribution is 2.29. The third-order valence-electron chi connectivity index (χ3n) is 4.90. The normalized spacial score (nSPS) is 20.1. The van der Waals surface area contributed by atoms with Crippen molar-refractivity contribution in [1.29, 1.82) is 0 Å². The monoisotopic (exact) mass is 348 g/mol. The Kier molecular flexibility index (Phi) is 3.74. The van der Waals surface area contributed by atoms with Gasteiger partial charge in [0, 0.05) is 31.1 Å². The number of sulfonamides is 1. The molecule has 2 aliphatic heterocycles.